The lowest BCUT2D eigenvalue weighted by atomic mass is 9.63. The van der Waals surface area contributed by atoms with Crippen molar-refractivity contribution >= 4 is 11.3 Å². The minimum absolute atomic E-state index is 0.151. The molecule has 8 nitrogen and oxygen atoms in total. The van der Waals surface area contributed by atoms with Crippen molar-refractivity contribution in [3.63, 3.8) is 0 Å². The first-order valence-corrected chi connectivity index (χ1v) is 15.2. The molecule has 4 aromatic heterocycles. The van der Waals surface area contributed by atoms with Crippen LogP contribution in [0.25, 0.3) is 16.6 Å². The second-order valence-electron chi connectivity index (χ2n) is 12.7. The van der Waals surface area contributed by atoms with Crippen LogP contribution in [0.3, 0.4) is 0 Å². The van der Waals surface area contributed by atoms with E-state index in [0.29, 0.717) is 23.6 Å². The van der Waals surface area contributed by atoms with E-state index in [1.54, 1.807) is 6.20 Å². The molecule has 0 aromatic carbocycles. The Morgan fingerprint density at radius 3 is 2.50 bits per heavy atom. The van der Waals surface area contributed by atoms with E-state index in [-0.39, 0.29) is 5.41 Å². The van der Waals surface area contributed by atoms with Gasteiger partial charge in [-0.05, 0) is 86.8 Å². The van der Waals surface area contributed by atoms with Gasteiger partial charge in [0.05, 0.1) is 28.8 Å². The molecule has 1 saturated carbocycles. The van der Waals surface area contributed by atoms with Gasteiger partial charge in [-0.15, -0.1) is 0 Å². The molecule has 3 aliphatic heterocycles. The number of nitrogens with zero attached hydrogens (tertiary/aromatic N) is 8. The average Bonchev–Trinajstić information content (AvgIpc) is 3.44. The standard InChI is InChI=1S/C34H36N8/c1-3-28-8-6-25(15-37-28)18-41-29-11-30(41)21-40(20-29)32-9-7-26(16-38-32)31-10-23(4-5-24-12-34(2,13-24)22-36)19-42-33(31)27(14-35)17-39-42/h6-10,15-17,19,24,29-30H,3-5,11-13,18,20-21H2,1-2H3. The van der Waals surface area contributed by atoms with Gasteiger partial charge >= 0.3 is 0 Å². The minimum atomic E-state index is -0.151. The number of rotatable bonds is 8. The molecule has 2 atom stereocenters. The summed E-state index contributed by atoms with van der Waals surface area (Å²) in [6.07, 6.45) is 13.8. The van der Waals surface area contributed by atoms with E-state index in [4.69, 9.17) is 4.98 Å². The first-order chi connectivity index (χ1) is 20.4. The molecule has 8 rings (SSSR count). The van der Waals surface area contributed by atoms with Crippen molar-refractivity contribution in [2.24, 2.45) is 11.3 Å². The molecule has 2 unspecified atom stereocenters. The van der Waals surface area contributed by atoms with Crippen LogP contribution in [0.2, 0.25) is 0 Å². The Labute approximate surface area is 247 Å². The SMILES string of the molecule is CCc1ccc(CN2C3CC2CN(c2ccc(-c4cc(CCC5CC(C)(C#N)C5)cn5ncc(C#N)c45)cn2)C3)cn1. The van der Waals surface area contributed by atoms with Crippen LogP contribution < -0.4 is 4.90 Å². The highest BCUT2D eigenvalue weighted by atomic mass is 15.4. The molecule has 42 heavy (non-hydrogen) atoms. The lowest BCUT2D eigenvalue weighted by Gasteiger charge is -2.56. The van der Waals surface area contributed by atoms with Crippen molar-refractivity contribution < 1.29 is 0 Å². The van der Waals surface area contributed by atoms with Crippen LogP contribution in [-0.4, -0.2) is 49.7 Å². The van der Waals surface area contributed by atoms with E-state index in [1.807, 2.05) is 23.1 Å². The van der Waals surface area contributed by atoms with E-state index in [9.17, 15) is 10.5 Å². The van der Waals surface area contributed by atoms with Gasteiger partial charge < -0.3 is 4.90 Å². The van der Waals surface area contributed by atoms with E-state index < -0.39 is 0 Å². The molecule has 2 bridgehead atoms. The van der Waals surface area contributed by atoms with Crippen LogP contribution in [-0.2, 0) is 19.4 Å². The smallest absolute Gasteiger partial charge is 0.128 e. The number of aromatic nitrogens is 4. The largest absolute Gasteiger partial charge is 0.353 e. The van der Waals surface area contributed by atoms with Crippen LogP contribution in [0.5, 0.6) is 0 Å². The minimum Gasteiger partial charge on any atom is -0.353 e. The summed E-state index contributed by atoms with van der Waals surface area (Å²) in [4.78, 5) is 14.5. The zero-order valence-corrected chi connectivity index (χ0v) is 24.4. The van der Waals surface area contributed by atoms with Crippen LogP contribution in [0.4, 0.5) is 5.82 Å². The number of nitriles is 2. The molecule has 0 radical (unpaired) electrons. The Kier molecular flexibility index (Phi) is 6.67. The van der Waals surface area contributed by atoms with Crippen LogP contribution >= 0.6 is 0 Å². The maximum atomic E-state index is 9.78. The van der Waals surface area contributed by atoms with Crippen molar-refractivity contribution in [3.05, 3.63) is 77.5 Å². The first-order valence-electron chi connectivity index (χ1n) is 15.2. The molecule has 4 aliphatic rings. The van der Waals surface area contributed by atoms with Gasteiger partial charge in [0, 0.05) is 67.1 Å². The fourth-order valence-electron chi connectivity index (χ4n) is 7.33. The Balaban J connectivity index is 1.06. The number of piperazine rings is 1. The molecule has 0 amide bonds. The number of hydrogen-bond acceptors (Lipinski definition) is 7. The van der Waals surface area contributed by atoms with E-state index in [2.05, 4.69) is 76.2 Å². The molecule has 212 valence electrons. The molecule has 4 fully saturated rings. The van der Waals surface area contributed by atoms with Gasteiger partial charge in [0.2, 0.25) is 0 Å². The monoisotopic (exact) mass is 556 g/mol. The summed E-state index contributed by atoms with van der Waals surface area (Å²) >= 11 is 0. The number of fused-ring (bicyclic) bond motifs is 3. The predicted molar refractivity (Wildman–Crippen MR) is 161 cm³/mol. The van der Waals surface area contributed by atoms with E-state index >= 15 is 0 Å². The van der Waals surface area contributed by atoms with Crippen LogP contribution in [0, 0.1) is 34.0 Å². The number of hydrogen-bond donors (Lipinski definition) is 0. The predicted octanol–water partition coefficient (Wildman–Crippen LogP) is 5.56. The summed E-state index contributed by atoms with van der Waals surface area (Å²) in [6, 6.07) is 16.7. The van der Waals surface area contributed by atoms with E-state index in [0.717, 1.165) is 79.9 Å². The number of piperidine rings is 1. The van der Waals surface area contributed by atoms with Crippen molar-refractivity contribution in [1.29, 1.82) is 10.5 Å². The van der Waals surface area contributed by atoms with Crippen molar-refractivity contribution in [2.75, 3.05) is 18.0 Å². The molecule has 8 heteroatoms. The fraction of sp³-hybridized carbons (Fsp3) is 0.441. The van der Waals surface area contributed by atoms with E-state index in [1.165, 1.54) is 17.5 Å². The number of pyridine rings is 3. The number of aryl methyl sites for hydroxylation is 2. The van der Waals surface area contributed by atoms with Crippen molar-refractivity contribution in [3.8, 4) is 23.3 Å². The third-order valence-electron chi connectivity index (χ3n) is 9.72. The highest BCUT2D eigenvalue weighted by Gasteiger charge is 2.44. The molecule has 1 aliphatic carbocycles. The summed E-state index contributed by atoms with van der Waals surface area (Å²) in [7, 11) is 0. The topological polar surface area (TPSA) is 97.1 Å². The Morgan fingerprint density at radius 1 is 1.00 bits per heavy atom. The maximum absolute atomic E-state index is 9.78. The highest BCUT2D eigenvalue weighted by Crippen LogP contribution is 2.46. The molecule has 0 N–H and O–H groups in total. The quantitative estimate of drug-likeness (QED) is 0.280. The second-order valence-corrected chi connectivity index (χ2v) is 12.7. The maximum Gasteiger partial charge on any atom is 0.128 e. The molecule has 4 aromatic rings. The molecule has 7 heterocycles. The fourth-order valence-corrected chi connectivity index (χ4v) is 7.33. The van der Waals surface area contributed by atoms with Crippen LogP contribution in [0.15, 0.2) is 55.1 Å². The molecular weight excluding hydrogens is 520 g/mol. The zero-order chi connectivity index (χ0) is 28.8. The molecule has 0 spiro atoms. The van der Waals surface area contributed by atoms with Gasteiger partial charge in [0.25, 0.3) is 0 Å². The van der Waals surface area contributed by atoms with Gasteiger partial charge in [-0.25, -0.2) is 9.50 Å². The van der Waals surface area contributed by atoms with Gasteiger partial charge in [-0.1, -0.05) is 13.0 Å². The van der Waals surface area contributed by atoms with Crippen molar-refractivity contribution in [1.82, 2.24) is 24.5 Å². The van der Waals surface area contributed by atoms with Gasteiger partial charge in [0.1, 0.15) is 11.9 Å². The normalized spacial score (nSPS) is 25.0. The third-order valence-corrected chi connectivity index (χ3v) is 9.72. The highest BCUT2D eigenvalue weighted by molar-refractivity contribution is 5.84. The zero-order valence-electron chi connectivity index (χ0n) is 24.4. The summed E-state index contributed by atoms with van der Waals surface area (Å²) in [5, 5.41) is 23.6. The lowest BCUT2D eigenvalue weighted by molar-refractivity contribution is -0.00875. The van der Waals surface area contributed by atoms with Gasteiger partial charge in [-0.3, -0.25) is 9.88 Å². The second kappa shape index (κ2) is 10.5. The summed E-state index contributed by atoms with van der Waals surface area (Å²) in [6.45, 7) is 7.13. The Morgan fingerprint density at radius 2 is 1.83 bits per heavy atom. The average molecular weight is 557 g/mol. The summed E-state index contributed by atoms with van der Waals surface area (Å²) in [5.74, 6) is 1.60. The summed E-state index contributed by atoms with van der Waals surface area (Å²) in [5.41, 5.74) is 6.86. The summed E-state index contributed by atoms with van der Waals surface area (Å²) < 4.78 is 1.84. The van der Waals surface area contributed by atoms with Crippen molar-refractivity contribution in [2.45, 2.75) is 71.0 Å². The lowest BCUT2D eigenvalue weighted by Crippen LogP contribution is -2.68. The Bertz CT molecular complexity index is 1670. The van der Waals surface area contributed by atoms with Gasteiger partial charge in [-0.2, -0.15) is 15.6 Å². The molecule has 3 saturated heterocycles. The number of anilines is 1. The first kappa shape index (κ1) is 26.6. The third kappa shape index (κ3) is 4.80. The molecular formula is C34H36N8. The Hall–Kier alpha value is -4.27. The van der Waals surface area contributed by atoms with Crippen LogP contribution in [0.1, 0.15) is 61.9 Å². The van der Waals surface area contributed by atoms with Gasteiger partial charge in [0.15, 0.2) is 0 Å².